The SMILES string of the molecule is COc1ccc(OC[C@H]2OC[C@H](CCCC(C)=O)[C@@H](C=O)[C@H]2C=O)cc1. The van der Waals surface area contributed by atoms with Crippen molar-refractivity contribution >= 4 is 18.4 Å². The zero-order chi connectivity index (χ0) is 18.9. The standard InChI is InChI=1S/C20H26O6/c1-14(23)4-3-5-15-12-26-20(19(11-22)18(15)10-21)13-25-17-8-6-16(24-2)7-9-17/h6-11,15,18-20H,3-5,12-13H2,1-2H3/t15-,18+,19+,20+/m0/s1. The molecule has 6 nitrogen and oxygen atoms in total. The Labute approximate surface area is 153 Å². The van der Waals surface area contributed by atoms with Crippen LogP contribution in [-0.2, 0) is 19.1 Å². The fourth-order valence-electron chi connectivity index (χ4n) is 3.31. The highest BCUT2D eigenvalue weighted by molar-refractivity contribution is 5.75. The molecule has 0 bridgehead atoms. The van der Waals surface area contributed by atoms with Crippen molar-refractivity contribution in [3.8, 4) is 11.5 Å². The van der Waals surface area contributed by atoms with Crippen molar-refractivity contribution in [2.24, 2.45) is 17.8 Å². The van der Waals surface area contributed by atoms with Gasteiger partial charge < -0.3 is 28.6 Å². The van der Waals surface area contributed by atoms with E-state index in [1.165, 1.54) is 0 Å². The van der Waals surface area contributed by atoms with Crippen molar-refractivity contribution < 1.29 is 28.6 Å². The molecule has 0 radical (unpaired) electrons. The van der Waals surface area contributed by atoms with Gasteiger partial charge in [-0.1, -0.05) is 0 Å². The van der Waals surface area contributed by atoms with E-state index in [1.54, 1.807) is 38.3 Å². The molecule has 1 heterocycles. The number of hydrogen-bond acceptors (Lipinski definition) is 6. The second-order valence-corrected chi connectivity index (χ2v) is 6.64. The van der Waals surface area contributed by atoms with Gasteiger partial charge in [0.25, 0.3) is 0 Å². The summed E-state index contributed by atoms with van der Waals surface area (Å²) in [6, 6.07) is 7.12. The summed E-state index contributed by atoms with van der Waals surface area (Å²) in [6.45, 7) is 2.14. The van der Waals surface area contributed by atoms with E-state index in [-0.39, 0.29) is 18.3 Å². The summed E-state index contributed by atoms with van der Waals surface area (Å²) in [6.07, 6.45) is 3.05. The van der Waals surface area contributed by atoms with Crippen LogP contribution in [0.2, 0.25) is 0 Å². The lowest BCUT2D eigenvalue weighted by Gasteiger charge is -2.38. The lowest BCUT2D eigenvalue weighted by molar-refractivity contribution is -0.144. The molecule has 0 spiro atoms. The number of carbonyl (C=O) groups excluding carboxylic acids is 3. The maximum absolute atomic E-state index is 11.6. The molecule has 2 rings (SSSR count). The summed E-state index contributed by atoms with van der Waals surface area (Å²) in [5, 5.41) is 0. The van der Waals surface area contributed by atoms with Gasteiger partial charge in [-0.15, -0.1) is 0 Å². The molecule has 0 amide bonds. The summed E-state index contributed by atoms with van der Waals surface area (Å²) in [5.74, 6) is 0.512. The molecule has 1 saturated heterocycles. The van der Waals surface area contributed by atoms with E-state index >= 15 is 0 Å². The molecule has 1 aliphatic heterocycles. The maximum Gasteiger partial charge on any atom is 0.129 e. The average Bonchev–Trinajstić information content (AvgIpc) is 2.66. The predicted molar refractivity (Wildman–Crippen MR) is 95.4 cm³/mol. The minimum absolute atomic E-state index is 0.0423. The normalized spacial score (nSPS) is 25.3. The van der Waals surface area contributed by atoms with E-state index in [1.807, 2.05) is 0 Å². The van der Waals surface area contributed by atoms with Crippen molar-refractivity contribution in [3.63, 3.8) is 0 Å². The minimum Gasteiger partial charge on any atom is -0.497 e. The quantitative estimate of drug-likeness (QED) is 0.595. The summed E-state index contributed by atoms with van der Waals surface area (Å²) >= 11 is 0. The summed E-state index contributed by atoms with van der Waals surface area (Å²) in [7, 11) is 1.59. The highest BCUT2D eigenvalue weighted by Gasteiger charge is 2.40. The van der Waals surface area contributed by atoms with E-state index in [0.29, 0.717) is 31.6 Å². The number of ether oxygens (including phenoxy) is 3. The number of Topliss-reactive ketones (excluding diaryl/α,β-unsaturated/α-hetero) is 1. The van der Waals surface area contributed by atoms with Crippen molar-refractivity contribution in [1.82, 2.24) is 0 Å². The molecular weight excluding hydrogens is 336 g/mol. The molecular formula is C20H26O6. The molecule has 142 valence electrons. The third-order valence-corrected chi connectivity index (χ3v) is 4.83. The lowest BCUT2D eigenvalue weighted by atomic mass is 9.76. The van der Waals surface area contributed by atoms with E-state index in [0.717, 1.165) is 18.3 Å². The first-order chi connectivity index (χ1) is 12.6. The smallest absolute Gasteiger partial charge is 0.129 e. The third-order valence-electron chi connectivity index (χ3n) is 4.83. The largest absolute Gasteiger partial charge is 0.497 e. The van der Waals surface area contributed by atoms with Crippen molar-refractivity contribution in [2.45, 2.75) is 32.3 Å². The van der Waals surface area contributed by atoms with Crippen molar-refractivity contribution in [3.05, 3.63) is 24.3 Å². The Kier molecular flexibility index (Phi) is 7.78. The molecule has 6 heteroatoms. The Bertz CT molecular complexity index is 597. The Hall–Kier alpha value is -2.21. The van der Waals surface area contributed by atoms with Gasteiger partial charge in [0.15, 0.2) is 0 Å². The van der Waals surface area contributed by atoms with Crippen LogP contribution in [-0.4, -0.2) is 44.8 Å². The molecule has 1 fully saturated rings. The van der Waals surface area contributed by atoms with Crippen LogP contribution < -0.4 is 9.47 Å². The number of rotatable bonds is 10. The number of carbonyl (C=O) groups is 3. The number of ketones is 1. The summed E-state index contributed by atoms with van der Waals surface area (Å²) in [4.78, 5) is 34.3. The zero-order valence-electron chi connectivity index (χ0n) is 15.3. The molecule has 0 aromatic heterocycles. The van der Waals surface area contributed by atoms with E-state index in [4.69, 9.17) is 14.2 Å². The van der Waals surface area contributed by atoms with Gasteiger partial charge in [0.1, 0.15) is 42.6 Å². The van der Waals surface area contributed by atoms with Gasteiger partial charge in [-0.25, -0.2) is 0 Å². The number of benzene rings is 1. The van der Waals surface area contributed by atoms with Gasteiger partial charge in [-0.2, -0.15) is 0 Å². The topological polar surface area (TPSA) is 78.9 Å². The molecule has 26 heavy (non-hydrogen) atoms. The van der Waals surface area contributed by atoms with Crippen LogP contribution >= 0.6 is 0 Å². The molecule has 1 aromatic rings. The van der Waals surface area contributed by atoms with Gasteiger partial charge in [-0.05, 0) is 49.9 Å². The monoisotopic (exact) mass is 362 g/mol. The Balaban J connectivity index is 1.93. The van der Waals surface area contributed by atoms with Crippen molar-refractivity contribution in [1.29, 1.82) is 0 Å². The van der Waals surface area contributed by atoms with Gasteiger partial charge in [0.2, 0.25) is 0 Å². The molecule has 4 atom stereocenters. The van der Waals surface area contributed by atoms with Gasteiger partial charge in [-0.3, -0.25) is 0 Å². The molecule has 0 aliphatic carbocycles. The minimum atomic E-state index is -0.540. The fourth-order valence-corrected chi connectivity index (χ4v) is 3.31. The molecule has 0 saturated carbocycles. The van der Waals surface area contributed by atoms with E-state index in [9.17, 15) is 14.4 Å². The van der Waals surface area contributed by atoms with Crippen LogP contribution in [0.4, 0.5) is 0 Å². The average molecular weight is 362 g/mol. The molecule has 0 N–H and O–H groups in total. The van der Waals surface area contributed by atoms with Crippen LogP contribution in [0.1, 0.15) is 26.2 Å². The fraction of sp³-hybridized carbons (Fsp3) is 0.550. The van der Waals surface area contributed by atoms with Crippen LogP contribution in [0.25, 0.3) is 0 Å². The van der Waals surface area contributed by atoms with E-state index < -0.39 is 17.9 Å². The highest BCUT2D eigenvalue weighted by Crippen LogP contribution is 2.33. The zero-order valence-corrected chi connectivity index (χ0v) is 15.3. The van der Waals surface area contributed by atoms with Crippen LogP contribution in [0.5, 0.6) is 11.5 Å². The Morgan fingerprint density at radius 3 is 2.38 bits per heavy atom. The number of methoxy groups -OCH3 is 1. The predicted octanol–water partition coefficient (Wildman–Crippen LogP) is 2.48. The van der Waals surface area contributed by atoms with E-state index in [2.05, 4.69) is 0 Å². The first kappa shape index (κ1) is 20.1. The highest BCUT2D eigenvalue weighted by atomic mass is 16.5. The first-order valence-electron chi connectivity index (χ1n) is 8.87. The molecule has 1 aromatic carbocycles. The van der Waals surface area contributed by atoms with Gasteiger partial charge >= 0.3 is 0 Å². The molecule has 1 aliphatic rings. The lowest BCUT2D eigenvalue weighted by Crippen LogP contribution is -2.46. The second-order valence-electron chi connectivity index (χ2n) is 6.64. The maximum atomic E-state index is 11.6. The van der Waals surface area contributed by atoms with Crippen LogP contribution in [0.3, 0.4) is 0 Å². The summed E-state index contributed by atoms with van der Waals surface area (Å²) < 4.78 is 16.6. The third kappa shape index (κ3) is 5.39. The summed E-state index contributed by atoms with van der Waals surface area (Å²) in [5.41, 5.74) is 0. The second kappa shape index (κ2) is 10.1. The first-order valence-corrected chi connectivity index (χ1v) is 8.87. The van der Waals surface area contributed by atoms with Gasteiger partial charge in [0.05, 0.1) is 19.6 Å². The van der Waals surface area contributed by atoms with Crippen LogP contribution in [0, 0.1) is 17.8 Å². The van der Waals surface area contributed by atoms with Crippen LogP contribution in [0.15, 0.2) is 24.3 Å². The number of hydrogen-bond donors (Lipinski definition) is 0. The van der Waals surface area contributed by atoms with Crippen molar-refractivity contribution in [2.75, 3.05) is 20.3 Å². The Morgan fingerprint density at radius 2 is 1.81 bits per heavy atom. The molecule has 0 unspecified atom stereocenters. The van der Waals surface area contributed by atoms with Gasteiger partial charge in [0, 0.05) is 12.3 Å². The Morgan fingerprint density at radius 1 is 1.15 bits per heavy atom. The number of aldehydes is 2.